The lowest BCUT2D eigenvalue weighted by Crippen LogP contribution is -2.42. The van der Waals surface area contributed by atoms with Crippen LogP contribution >= 0.6 is 0 Å². The zero-order valence-corrected chi connectivity index (χ0v) is 12.6. The molecule has 6 nitrogen and oxygen atoms in total. The van der Waals surface area contributed by atoms with Crippen LogP contribution in [0.15, 0.2) is 40.8 Å². The molecule has 1 heterocycles. The first-order valence-corrected chi connectivity index (χ1v) is 7.21. The minimum absolute atomic E-state index is 0.00910. The molecule has 0 saturated heterocycles. The van der Waals surface area contributed by atoms with E-state index in [1.807, 2.05) is 0 Å². The fraction of sp³-hybridized carbons (Fsp3) is 0.250. The lowest BCUT2D eigenvalue weighted by molar-refractivity contribution is -0.274. The van der Waals surface area contributed by atoms with Gasteiger partial charge in [-0.05, 0) is 37.1 Å². The Hall–Kier alpha value is -2.97. The molecule has 0 atom stereocenters. The standard InChI is InChI=1S/C16H12F3NO5/c17-16(18,19)25-11-4-2-1-3-9(11)10-5-6-12(24-10)13(21)20-15(7-8-15)14(22)23/h1-6H,7-8H2,(H,20,21)(H,22,23). The van der Waals surface area contributed by atoms with Gasteiger partial charge >= 0.3 is 12.3 Å². The highest BCUT2D eigenvalue weighted by molar-refractivity contribution is 5.97. The van der Waals surface area contributed by atoms with Crippen LogP contribution in [-0.2, 0) is 4.79 Å². The number of carbonyl (C=O) groups is 2. The van der Waals surface area contributed by atoms with Crippen LogP contribution < -0.4 is 10.1 Å². The topological polar surface area (TPSA) is 88.8 Å². The number of carboxylic acids is 1. The highest BCUT2D eigenvalue weighted by Gasteiger charge is 2.52. The Bertz CT molecular complexity index is 823. The zero-order valence-electron chi connectivity index (χ0n) is 12.6. The average molecular weight is 355 g/mol. The molecular formula is C16H12F3NO5. The predicted molar refractivity (Wildman–Crippen MR) is 77.9 cm³/mol. The molecule has 0 bridgehead atoms. The number of aliphatic carboxylic acids is 1. The van der Waals surface area contributed by atoms with Gasteiger partial charge in [0.05, 0.1) is 5.56 Å². The molecule has 3 rings (SSSR count). The molecule has 0 unspecified atom stereocenters. The summed E-state index contributed by atoms with van der Waals surface area (Å²) in [5.74, 6) is -2.58. The minimum atomic E-state index is -4.87. The monoisotopic (exact) mass is 355 g/mol. The van der Waals surface area contributed by atoms with Gasteiger partial charge in [0.1, 0.15) is 17.0 Å². The van der Waals surface area contributed by atoms with Crippen molar-refractivity contribution in [3.05, 3.63) is 42.2 Å². The van der Waals surface area contributed by atoms with Gasteiger partial charge in [0.2, 0.25) is 0 Å². The lowest BCUT2D eigenvalue weighted by atomic mass is 10.1. The first-order valence-electron chi connectivity index (χ1n) is 7.21. The highest BCUT2D eigenvalue weighted by atomic mass is 19.4. The molecule has 1 saturated carbocycles. The van der Waals surface area contributed by atoms with E-state index in [9.17, 15) is 22.8 Å². The third-order valence-corrected chi connectivity index (χ3v) is 3.72. The number of para-hydroxylation sites is 1. The number of alkyl halides is 3. The summed E-state index contributed by atoms with van der Waals surface area (Å²) in [6, 6.07) is 7.89. The van der Waals surface area contributed by atoms with Gasteiger partial charge in [0.15, 0.2) is 5.76 Å². The Labute approximate surface area is 139 Å². The van der Waals surface area contributed by atoms with Crippen LogP contribution in [-0.4, -0.2) is 28.9 Å². The van der Waals surface area contributed by atoms with Crippen molar-refractivity contribution in [2.45, 2.75) is 24.7 Å². The summed E-state index contributed by atoms with van der Waals surface area (Å²) in [6.07, 6.45) is -4.25. The molecule has 0 radical (unpaired) electrons. The SMILES string of the molecule is O=C(NC1(C(=O)O)CC1)c1ccc(-c2ccccc2OC(F)(F)F)o1. The van der Waals surface area contributed by atoms with E-state index in [2.05, 4.69) is 10.1 Å². The van der Waals surface area contributed by atoms with E-state index in [1.54, 1.807) is 0 Å². The maximum absolute atomic E-state index is 12.5. The molecule has 25 heavy (non-hydrogen) atoms. The summed E-state index contributed by atoms with van der Waals surface area (Å²) >= 11 is 0. The van der Waals surface area contributed by atoms with Crippen molar-refractivity contribution in [1.82, 2.24) is 5.32 Å². The fourth-order valence-electron chi connectivity index (χ4n) is 2.28. The number of hydrogen-bond acceptors (Lipinski definition) is 4. The predicted octanol–water partition coefficient (Wildman–Crippen LogP) is 3.19. The van der Waals surface area contributed by atoms with E-state index in [1.165, 1.54) is 30.3 Å². The van der Waals surface area contributed by atoms with E-state index in [4.69, 9.17) is 9.52 Å². The molecule has 1 amide bonds. The maximum atomic E-state index is 12.5. The van der Waals surface area contributed by atoms with Gasteiger partial charge in [0, 0.05) is 0 Å². The number of hydrogen-bond donors (Lipinski definition) is 2. The number of furan rings is 1. The van der Waals surface area contributed by atoms with Crippen LogP contribution in [0.2, 0.25) is 0 Å². The number of rotatable bonds is 5. The van der Waals surface area contributed by atoms with E-state index in [-0.39, 0.29) is 17.1 Å². The molecule has 0 aliphatic heterocycles. The fourth-order valence-corrected chi connectivity index (χ4v) is 2.28. The largest absolute Gasteiger partial charge is 0.573 e. The second-order valence-corrected chi connectivity index (χ2v) is 5.55. The van der Waals surface area contributed by atoms with Crippen LogP contribution in [0.3, 0.4) is 0 Å². The van der Waals surface area contributed by atoms with Gasteiger partial charge < -0.3 is 19.6 Å². The van der Waals surface area contributed by atoms with E-state index in [0.717, 1.165) is 6.07 Å². The van der Waals surface area contributed by atoms with E-state index in [0.29, 0.717) is 12.8 Å². The number of carbonyl (C=O) groups excluding carboxylic acids is 1. The molecule has 1 aromatic heterocycles. The van der Waals surface area contributed by atoms with Gasteiger partial charge in [-0.15, -0.1) is 13.2 Å². The van der Waals surface area contributed by atoms with Crippen LogP contribution in [0.1, 0.15) is 23.4 Å². The molecule has 132 valence electrons. The second kappa shape index (κ2) is 5.83. The Morgan fingerprint density at radius 2 is 1.84 bits per heavy atom. The Balaban J connectivity index is 1.83. The third kappa shape index (κ3) is 3.59. The Morgan fingerprint density at radius 3 is 2.44 bits per heavy atom. The molecule has 1 aromatic carbocycles. The van der Waals surface area contributed by atoms with Crippen LogP contribution in [0.5, 0.6) is 5.75 Å². The summed E-state index contributed by atoms with van der Waals surface area (Å²) in [5.41, 5.74) is -1.28. The first-order chi connectivity index (χ1) is 11.7. The normalized spacial score (nSPS) is 15.5. The van der Waals surface area contributed by atoms with Gasteiger partial charge in [-0.1, -0.05) is 12.1 Å². The van der Waals surface area contributed by atoms with Gasteiger partial charge in [-0.25, -0.2) is 4.79 Å². The number of nitrogens with one attached hydrogen (secondary N) is 1. The molecular weight excluding hydrogens is 343 g/mol. The minimum Gasteiger partial charge on any atom is -0.480 e. The zero-order chi connectivity index (χ0) is 18.2. The number of halogens is 3. The molecule has 1 fully saturated rings. The van der Waals surface area contributed by atoms with Crippen molar-refractivity contribution in [1.29, 1.82) is 0 Å². The summed E-state index contributed by atoms with van der Waals surface area (Å²) in [5, 5.41) is 11.4. The van der Waals surface area contributed by atoms with E-state index < -0.39 is 29.5 Å². The van der Waals surface area contributed by atoms with Crippen LogP contribution in [0.4, 0.5) is 13.2 Å². The molecule has 9 heteroatoms. The molecule has 1 aliphatic carbocycles. The van der Waals surface area contributed by atoms with Crippen molar-refractivity contribution >= 4 is 11.9 Å². The molecule has 0 spiro atoms. The van der Waals surface area contributed by atoms with Crippen molar-refractivity contribution in [3.63, 3.8) is 0 Å². The number of carboxylic acid groups (broad SMARTS) is 1. The first kappa shape index (κ1) is 16.9. The lowest BCUT2D eigenvalue weighted by Gasteiger charge is -2.12. The molecule has 1 aliphatic rings. The van der Waals surface area contributed by atoms with Crippen LogP contribution in [0.25, 0.3) is 11.3 Å². The Kier molecular flexibility index (Phi) is 3.94. The van der Waals surface area contributed by atoms with Crippen molar-refractivity contribution in [2.75, 3.05) is 0 Å². The maximum Gasteiger partial charge on any atom is 0.573 e. The van der Waals surface area contributed by atoms with Gasteiger partial charge in [-0.2, -0.15) is 0 Å². The summed E-state index contributed by atoms with van der Waals surface area (Å²) in [7, 11) is 0. The highest BCUT2D eigenvalue weighted by Crippen LogP contribution is 2.37. The quantitative estimate of drug-likeness (QED) is 0.860. The molecule has 2 N–H and O–H groups in total. The van der Waals surface area contributed by atoms with Gasteiger partial charge in [0.25, 0.3) is 5.91 Å². The number of ether oxygens (including phenoxy) is 1. The van der Waals surface area contributed by atoms with Crippen molar-refractivity contribution in [2.24, 2.45) is 0 Å². The Morgan fingerprint density at radius 1 is 1.16 bits per heavy atom. The average Bonchev–Trinajstić information content (AvgIpc) is 3.13. The van der Waals surface area contributed by atoms with Crippen LogP contribution in [0, 0.1) is 0 Å². The van der Waals surface area contributed by atoms with Crippen molar-refractivity contribution in [3.8, 4) is 17.1 Å². The summed E-state index contributed by atoms with van der Waals surface area (Å²) in [4.78, 5) is 23.2. The number of amides is 1. The number of benzene rings is 1. The van der Waals surface area contributed by atoms with E-state index >= 15 is 0 Å². The summed E-state index contributed by atoms with van der Waals surface area (Å²) in [6.45, 7) is 0. The summed E-state index contributed by atoms with van der Waals surface area (Å²) < 4.78 is 46.6. The van der Waals surface area contributed by atoms with Gasteiger partial charge in [-0.3, -0.25) is 4.79 Å². The molecule has 2 aromatic rings. The third-order valence-electron chi connectivity index (χ3n) is 3.72. The second-order valence-electron chi connectivity index (χ2n) is 5.55. The smallest absolute Gasteiger partial charge is 0.480 e. The van der Waals surface area contributed by atoms with Crippen molar-refractivity contribution < 1.29 is 37.0 Å².